The molecule has 0 aromatic heterocycles. The average molecular weight is 243 g/mol. The van der Waals surface area contributed by atoms with Crippen molar-refractivity contribution in [1.82, 2.24) is 5.32 Å². The zero-order valence-corrected chi connectivity index (χ0v) is 11.8. The van der Waals surface area contributed by atoms with Gasteiger partial charge in [0, 0.05) is 19.2 Å². The Balaban J connectivity index is 2.22. The molecule has 102 valence electrons. The Labute approximate surface area is 106 Å². The summed E-state index contributed by atoms with van der Waals surface area (Å²) in [5, 5.41) is 3.51. The third-order valence-electron chi connectivity index (χ3n) is 3.33. The van der Waals surface area contributed by atoms with Gasteiger partial charge in [-0.3, -0.25) is 0 Å². The number of ether oxygens (including phenoxy) is 2. The molecule has 0 atom stereocenters. The molecule has 3 nitrogen and oxygen atoms in total. The first-order valence-corrected chi connectivity index (χ1v) is 7.13. The zero-order valence-electron chi connectivity index (χ0n) is 11.8. The topological polar surface area (TPSA) is 30.5 Å². The van der Waals surface area contributed by atoms with Crippen LogP contribution >= 0.6 is 0 Å². The van der Waals surface area contributed by atoms with Crippen molar-refractivity contribution >= 4 is 0 Å². The maximum atomic E-state index is 6.10. The van der Waals surface area contributed by atoms with Gasteiger partial charge in [0.05, 0.1) is 18.8 Å². The van der Waals surface area contributed by atoms with Gasteiger partial charge in [-0.25, -0.2) is 0 Å². The highest BCUT2D eigenvalue weighted by atomic mass is 16.5. The first-order chi connectivity index (χ1) is 8.18. The van der Waals surface area contributed by atoms with Crippen LogP contribution in [0.3, 0.4) is 0 Å². The molecule has 3 heteroatoms. The maximum absolute atomic E-state index is 6.10. The summed E-state index contributed by atoms with van der Waals surface area (Å²) in [7, 11) is 0. The van der Waals surface area contributed by atoms with E-state index in [0.717, 1.165) is 32.8 Å². The lowest BCUT2D eigenvalue weighted by Crippen LogP contribution is -2.43. The van der Waals surface area contributed by atoms with Gasteiger partial charge in [-0.15, -0.1) is 0 Å². The lowest BCUT2D eigenvalue weighted by atomic mass is 10.0. The molecule has 0 aromatic rings. The summed E-state index contributed by atoms with van der Waals surface area (Å²) in [4.78, 5) is 0. The van der Waals surface area contributed by atoms with E-state index in [0.29, 0.717) is 6.04 Å². The van der Waals surface area contributed by atoms with E-state index in [9.17, 15) is 0 Å². The van der Waals surface area contributed by atoms with E-state index in [-0.39, 0.29) is 5.60 Å². The van der Waals surface area contributed by atoms with Gasteiger partial charge in [0.25, 0.3) is 0 Å². The second kappa shape index (κ2) is 8.06. The predicted molar refractivity (Wildman–Crippen MR) is 71.4 cm³/mol. The molecular weight excluding hydrogens is 214 g/mol. The molecule has 0 aromatic carbocycles. The predicted octanol–water partition coefficient (Wildman–Crippen LogP) is 2.74. The Morgan fingerprint density at radius 2 is 1.82 bits per heavy atom. The Kier molecular flexibility index (Phi) is 7.09. The molecule has 0 saturated heterocycles. The molecule has 17 heavy (non-hydrogen) atoms. The van der Waals surface area contributed by atoms with E-state index in [4.69, 9.17) is 9.47 Å². The number of nitrogens with one attached hydrogen (secondary N) is 1. The highest BCUT2D eigenvalue weighted by Crippen LogP contribution is 2.32. The van der Waals surface area contributed by atoms with Crippen LogP contribution in [0.1, 0.15) is 52.9 Å². The normalized spacial score (nSPS) is 19.1. The van der Waals surface area contributed by atoms with Gasteiger partial charge in [-0.1, -0.05) is 33.6 Å². The van der Waals surface area contributed by atoms with Crippen LogP contribution in [0.5, 0.6) is 0 Å². The van der Waals surface area contributed by atoms with Crippen LogP contribution in [0, 0.1) is 0 Å². The standard InChI is InChI=1S/C14H29NO2/c1-4-9-16-10-11-17-14(7-5-6-8-14)12-15-13(2)3/h13,15H,4-12H2,1-3H3. The van der Waals surface area contributed by atoms with Crippen molar-refractivity contribution in [3.63, 3.8) is 0 Å². The molecule has 0 bridgehead atoms. The summed E-state index contributed by atoms with van der Waals surface area (Å²) in [5.41, 5.74) is 0.0832. The molecule has 0 amide bonds. The Morgan fingerprint density at radius 3 is 2.41 bits per heavy atom. The SMILES string of the molecule is CCCOCCOC1(CNC(C)C)CCCC1. The van der Waals surface area contributed by atoms with Gasteiger partial charge in [0.15, 0.2) is 0 Å². The van der Waals surface area contributed by atoms with Crippen LogP contribution in [0.4, 0.5) is 0 Å². The Morgan fingerprint density at radius 1 is 1.12 bits per heavy atom. The van der Waals surface area contributed by atoms with E-state index in [2.05, 4.69) is 26.1 Å². The highest BCUT2D eigenvalue weighted by Gasteiger charge is 2.34. The van der Waals surface area contributed by atoms with Crippen LogP contribution in [0.15, 0.2) is 0 Å². The van der Waals surface area contributed by atoms with Crippen molar-refractivity contribution in [2.24, 2.45) is 0 Å². The number of hydrogen-bond donors (Lipinski definition) is 1. The highest BCUT2D eigenvalue weighted by molar-refractivity contribution is 4.89. The van der Waals surface area contributed by atoms with E-state index in [1.807, 2.05) is 0 Å². The van der Waals surface area contributed by atoms with Gasteiger partial charge in [0.1, 0.15) is 0 Å². The maximum Gasteiger partial charge on any atom is 0.0807 e. The molecule has 1 aliphatic carbocycles. The molecule has 0 heterocycles. The first kappa shape index (κ1) is 14.9. The molecule has 1 rings (SSSR count). The minimum Gasteiger partial charge on any atom is -0.379 e. The average Bonchev–Trinajstić information content (AvgIpc) is 2.76. The second-order valence-corrected chi connectivity index (χ2v) is 5.39. The zero-order chi connectivity index (χ0) is 12.6. The summed E-state index contributed by atoms with van der Waals surface area (Å²) >= 11 is 0. The molecule has 0 spiro atoms. The third-order valence-corrected chi connectivity index (χ3v) is 3.33. The van der Waals surface area contributed by atoms with E-state index in [1.165, 1.54) is 25.7 Å². The van der Waals surface area contributed by atoms with Crippen molar-refractivity contribution in [3.05, 3.63) is 0 Å². The monoisotopic (exact) mass is 243 g/mol. The minimum absolute atomic E-state index is 0.0832. The molecular formula is C14H29NO2. The van der Waals surface area contributed by atoms with Crippen LogP contribution in [0.2, 0.25) is 0 Å². The summed E-state index contributed by atoms with van der Waals surface area (Å²) in [6.07, 6.45) is 6.08. The summed E-state index contributed by atoms with van der Waals surface area (Å²) < 4.78 is 11.6. The Bertz CT molecular complexity index is 189. The molecule has 1 saturated carbocycles. The van der Waals surface area contributed by atoms with Gasteiger partial charge in [0.2, 0.25) is 0 Å². The van der Waals surface area contributed by atoms with Gasteiger partial charge >= 0.3 is 0 Å². The van der Waals surface area contributed by atoms with Crippen LogP contribution in [-0.2, 0) is 9.47 Å². The smallest absolute Gasteiger partial charge is 0.0807 e. The van der Waals surface area contributed by atoms with Gasteiger partial charge < -0.3 is 14.8 Å². The number of rotatable bonds is 9. The molecule has 1 N–H and O–H groups in total. The van der Waals surface area contributed by atoms with Crippen LogP contribution in [0.25, 0.3) is 0 Å². The van der Waals surface area contributed by atoms with Crippen molar-refractivity contribution in [2.75, 3.05) is 26.4 Å². The Hall–Kier alpha value is -0.120. The largest absolute Gasteiger partial charge is 0.379 e. The molecule has 1 fully saturated rings. The van der Waals surface area contributed by atoms with Crippen molar-refractivity contribution in [1.29, 1.82) is 0 Å². The fraction of sp³-hybridized carbons (Fsp3) is 1.00. The summed E-state index contributed by atoms with van der Waals surface area (Å²) in [6, 6.07) is 0.535. The quantitative estimate of drug-likeness (QED) is 0.632. The summed E-state index contributed by atoms with van der Waals surface area (Å²) in [5.74, 6) is 0. The number of hydrogen-bond acceptors (Lipinski definition) is 3. The molecule has 1 aliphatic rings. The molecule has 0 aliphatic heterocycles. The fourth-order valence-electron chi connectivity index (χ4n) is 2.35. The summed E-state index contributed by atoms with van der Waals surface area (Å²) in [6.45, 7) is 9.81. The van der Waals surface area contributed by atoms with Crippen molar-refractivity contribution in [3.8, 4) is 0 Å². The fourth-order valence-corrected chi connectivity index (χ4v) is 2.35. The van der Waals surface area contributed by atoms with Crippen LogP contribution < -0.4 is 5.32 Å². The molecule has 0 unspecified atom stereocenters. The van der Waals surface area contributed by atoms with Gasteiger partial charge in [-0.2, -0.15) is 0 Å². The van der Waals surface area contributed by atoms with E-state index >= 15 is 0 Å². The minimum atomic E-state index is 0.0832. The third kappa shape index (κ3) is 5.84. The van der Waals surface area contributed by atoms with E-state index in [1.54, 1.807) is 0 Å². The lowest BCUT2D eigenvalue weighted by Gasteiger charge is -2.30. The van der Waals surface area contributed by atoms with Gasteiger partial charge in [-0.05, 0) is 19.3 Å². The molecule has 0 radical (unpaired) electrons. The van der Waals surface area contributed by atoms with Crippen molar-refractivity contribution in [2.45, 2.75) is 64.5 Å². The van der Waals surface area contributed by atoms with E-state index < -0.39 is 0 Å². The van der Waals surface area contributed by atoms with Crippen LogP contribution in [-0.4, -0.2) is 38.0 Å². The second-order valence-electron chi connectivity index (χ2n) is 5.39. The lowest BCUT2D eigenvalue weighted by molar-refractivity contribution is -0.0633. The first-order valence-electron chi connectivity index (χ1n) is 7.13. The van der Waals surface area contributed by atoms with Crippen molar-refractivity contribution < 1.29 is 9.47 Å².